The molecule has 20 heavy (non-hydrogen) atoms. The second-order valence-corrected chi connectivity index (χ2v) is 6.55. The summed E-state index contributed by atoms with van der Waals surface area (Å²) < 4.78 is 0. The molecule has 0 bridgehead atoms. The maximum atomic E-state index is 6.40. The van der Waals surface area contributed by atoms with Crippen LogP contribution in [0.1, 0.15) is 33.6 Å². The topological polar surface area (TPSA) is 15.3 Å². The van der Waals surface area contributed by atoms with Crippen LogP contribution in [0.25, 0.3) is 0 Å². The summed E-state index contributed by atoms with van der Waals surface area (Å²) in [5.41, 5.74) is 1.11. The number of piperazine rings is 1. The fourth-order valence-corrected chi connectivity index (χ4v) is 3.38. The lowest BCUT2D eigenvalue weighted by Gasteiger charge is -2.44. The molecule has 2 nitrogen and oxygen atoms in total. The minimum atomic E-state index is 0.494. The van der Waals surface area contributed by atoms with Gasteiger partial charge in [0.05, 0.1) is 10.7 Å². The molecule has 0 spiro atoms. The van der Waals surface area contributed by atoms with Crippen molar-refractivity contribution in [3.05, 3.63) is 28.2 Å². The SMILES string of the molecule is CCC(C)C1CN(c2ccc(Cl)cc2Cl)C(CC)CN1. The molecule has 4 heteroatoms. The van der Waals surface area contributed by atoms with Crippen LogP contribution in [-0.2, 0) is 0 Å². The molecule has 0 aromatic heterocycles. The van der Waals surface area contributed by atoms with Crippen molar-refractivity contribution in [2.24, 2.45) is 5.92 Å². The Kier molecular flexibility index (Phi) is 5.59. The van der Waals surface area contributed by atoms with Crippen LogP contribution in [-0.4, -0.2) is 25.2 Å². The van der Waals surface area contributed by atoms with Crippen LogP contribution in [0.5, 0.6) is 0 Å². The Labute approximate surface area is 132 Å². The van der Waals surface area contributed by atoms with Crippen molar-refractivity contribution in [3.8, 4) is 0 Å². The highest BCUT2D eigenvalue weighted by Gasteiger charge is 2.30. The van der Waals surface area contributed by atoms with Crippen molar-refractivity contribution < 1.29 is 0 Å². The Morgan fingerprint density at radius 2 is 2.10 bits per heavy atom. The summed E-state index contributed by atoms with van der Waals surface area (Å²) in [4.78, 5) is 2.45. The molecular weight excluding hydrogens is 291 g/mol. The Balaban J connectivity index is 2.24. The first-order valence-corrected chi connectivity index (χ1v) is 8.27. The van der Waals surface area contributed by atoms with Gasteiger partial charge in [0.25, 0.3) is 0 Å². The molecule has 2 rings (SSSR count). The highest BCUT2D eigenvalue weighted by molar-refractivity contribution is 6.36. The highest BCUT2D eigenvalue weighted by atomic mass is 35.5. The number of halogens is 2. The van der Waals surface area contributed by atoms with Gasteiger partial charge >= 0.3 is 0 Å². The van der Waals surface area contributed by atoms with Gasteiger partial charge in [-0.25, -0.2) is 0 Å². The van der Waals surface area contributed by atoms with Crippen LogP contribution < -0.4 is 10.2 Å². The number of hydrogen-bond donors (Lipinski definition) is 1. The van der Waals surface area contributed by atoms with E-state index < -0.39 is 0 Å². The Morgan fingerprint density at radius 3 is 2.70 bits per heavy atom. The summed E-state index contributed by atoms with van der Waals surface area (Å²) in [6.45, 7) is 8.82. The van der Waals surface area contributed by atoms with Gasteiger partial charge < -0.3 is 10.2 Å². The van der Waals surface area contributed by atoms with E-state index in [1.54, 1.807) is 0 Å². The van der Waals surface area contributed by atoms with Gasteiger partial charge in [0.15, 0.2) is 0 Å². The summed E-state index contributed by atoms with van der Waals surface area (Å²) >= 11 is 12.4. The molecule has 1 aliphatic heterocycles. The van der Waals surface area contributed by atoms with E-state index in [0.29, 0.717) is 23.0 Å². The van der Waals surface area contributed by atoms with Crippen LogP contribution in [0.2, 0.25) is 10.0 Å². The largest absolute Gasteiger partial charge is 0.365 e. The highest BCUT2D eigenvalue weighted by Crippen LogP contribution is 2.32. The molecule has 1 heterocycles. The number of nitrogens with one attached hydrogen (secondary N) is 1. The first-order chi connectivity index (χ1) is 9.56. The number of nitrogens with zero attached hydrogens (tertiary/aromatic N) is 1. The number of hydrogen-bond acceptors (Lipinski definition) is 2. The zero-order valence-corrected chi connectivity index (χ0v) is 14.0. The first-order valence-electron chi connectivity index (χ1n) is 7.51. The van der Waals surface area contributed by atoms with Gasteiger partial charge in [0.1, 0.15) is 0 Å². The van der Waals surface area contributed by atoms with E-state index in [-0.39, 0.29) is 0 Å². The quantitative estimate of drug-likeness (QED) is 0.874. The predicted octanol–water partition coefficient (Wildman–Crippen LogP) is 4.60. The third-order valence-electron chi connectivity index (χ3n) is 4.47. The van der Waals surface area contributed by atoms with Gasteiger partial charge in [0, 0.05) is 30.2 Å². The lowest BCUT2D eigenvalue weighted by Crippen LogP contribution is -2.58. The Hall–Kier alpha value is -0.440. The van der Waals surface area contributed by atoms with Gasteiger partial charge in [-0.05, 0) is 30.5 Å². The molecular formula is C16H24Cl2N2. The van der Waals surface area contributed by atoms with Crippen LogP contribution in [0.15, 0.2) is 18.2 Å². The fourth-order valence-electron chi connectivity index (χ4n) is 2.86. The summed E-state index contributed by atoms with van der Waals surface area (Å²) in [5.74, 6) is 0.668. The summed E-state index contributed by atoms with van der Waals surface area (Å²) in [5, 5.41) is 5.14. The minimum Gasteiger partial charge on any atom is -0.365 e. The molecule has 1 aliphatic rings. The summed E-state index contributed by atoms with van der Waals surface area (Å²) in [6, 6.07) is 6.83. The molecule has 112 valence electrons. The predicted molar refractivity (Wildman–Crippen MR) is 89.1 cm³/mol. The van der Waals surface area contributed by atoms with Crippen LogP contribution in [0, 0.1) is 5.92 Å². The van der Waals surface area contributed by atoms with Crippen molar-refractivity contribution in [1.82, 2.24) is 5.32 Å². The van der Waals surface area contributed by atoms with Crippen molar-refractivity contribution in [3.63, 3.8) is 0 Å². The lowest BCUT2D eigenvalue weighted by atomic mass is 9.94. The second kappa shape index (κ2) is 7.02. The van der Waals surface area contributed by atoms with E-state index in [1.807, 2.05) is 18.2 Å². The van der Waals surface area contributed by atoms with Crippen molar-refractivity contribution >= 4 is 28.9 Å². The molecule has 0 radical (unpaired) electrons. The van der Waals surface area contributed by atoms with Gasteiger partial charge in [-0.3, -0.25) is 0 Å². The molecule has 1 fully saturated rings. The smallest absolute Gasteiger partial charge is 0.0654 e. The van der Waals surface area contributed by atoms with E-state index in [0.717, 1.165) is 30.2 Å². The van der Waals surface area contributed by atoms with Gasteiger partial charge in [-0.15, -0.1) is 0 Å². The lowest BCUT2D eigenvalue weighted by molar-refractivity contribution is 0.306. The van der Waals surface area contributed by atoms with E-state index in [2.05, 4.69) is 31.0 Å². The van der Waals surface area contributed by atoms with Gasteiger partial charge in [-0.2, -0.15) is 0 Å². The summed E-state index contributed by atoms with van der Waals surface area (Å²) in [6.07, 6.45) is 2.30. The second-order valence-electron chi connectivity index (χ2n) is 5.71. The molecule has 3 atom stereocenters. The Bertz CT molecular complexity index is 450. The zero-order chi connectivity index (χ0) is 14.7. The fraction of sp³-hybridized carbons (Fsp3) is 0.625. The average molecular weight is 315 g/mol. The van der Waals surface area contributed by atoms with E-state index in [1.165, 1.54) is 6.42 Å². The van der Waals surface area contributed by atoms with Crippen molar-refractivity contribution in [2.75, 3.05) is 18.0 Å². The molecule has 0 amide bonds. The van der Waals surface area contributed by atoms with Crippen molar-refractivity contribution in [2.45, 2.75) is 45.7 Å². The van der Waals surface area contributed by atoms with Crippen molar-refractivity contribution in [1.29, 1.82) is 0 Å². The first kappa shape index (κ1) is 15.9. The number of benzene rings is 1. The molecule has 3 unspecified atom stereocenters. The van der Waals surface area contributed by atoms with Gasteiger partial charge in [0.2, 0.25) is 0 Å². The maximum Gasteiger partial charge on any atom is 0.0654 e. The number of anilines is 1. The maximum absolute atomic E-state index is 6.40. The normalized spacial score (nSPS) is 24.8. The zero-order valence-electron chi connectivity index (χ0n) is 12.5. The van der Waals surface area contributed by atoms with E-state index in [9.17, 15) is 0 Å². The van der Waals surface area contributed by atoms with Crippen LogP contribution in [0.4, 0.5) is 5.69 Å². The third-order valence-corrected chi connectivity index (χ3v) is 5.01. The Morgan fingerprint density at radius 1 is 1.35 bits per heavy atom. The molecule has 0 aliphatic carbocycles. The molecule has 0 saturated carbocycles. The van der Waals surface area contributed by atoms with E-state index >= 15 is 0 Å². The standard InChI is InChI=1S/C16H24Cl2N2/c1-4-11(3)15-10-20(13(5-2)9-19-15)16-7-6-12(17)8-14(16)18/h6-8,11,13,15,19H,4-5,9-10H2,1-3H3. The minimum absolute atomic E-state index is 0.494. The third kappa shape index (κ3) is 3.41. The van der Waals surface area contributed by atoms with E-state index in [4.69, 9.17) is 23.2 Å². The molecule has 1 saturated heterocycles. The summed E-state index contributed by atoms with van der Waals surface area (Å²) in [7, 11) is 0. The monoisotopic (exact) mass is 314 g/mol. The molecule has 1 N–H and O–H groups in total. The van der Waals surface area contributed by atoms with Crippen LogP contribution in [0.3, 0.4) is 0 Å². The van der Waals surface area contributed by atoms with Gasteiger partial charge in [-0.1, -0.05) is 50.4 Å². The molecule has 1 aromatic rings. The average Bonchev–Trinajstić information content (AvgIpc) is 2.46. The number of rotatable bonds is 4. The van der Waals surface area contributed by atoms with Crippen LogP contribution >= 0.6 is 23.2 Å². The molecule has 1 aromatic carbocycles.